The second-order valence-corrected chi connectivity index (χ2v) is 5.44. The zero-order valence-electron chi connectivity index (χ0n) is 12.6. The summed E-state index contributed by atoms with van der Waals surface area (Å²) in [4.78, 5) is 16.0. The van der Waals surface area contributed by atoms with E-state index in [4.69, 9.17) is 0 Å². The number of aromatic nitrogens is 2. The maximum Gasteiger partial charge on any atom is 0.326 e. The highest BCUT2D eigenvalue weighted by Crippen LogP contribution is 2.25. The van der Waals surface area contributed by atoms with Crippen molar-refractivity contribution in [2.45, 2.75) is 53.0 Å². The van der Waals surface area contributed by atoms with Gasteiger partial charge in [0.15, 0.2) is 0 Å². The largest absolute Gasteiger partial charge is 0.480 e. The van der Waals surface area contributed by atoms with E-state index in [-0.39, 0.29) is 0 Å². The minimum Gasteiger partial charge on any atom is -0.480 e. The molecule has 0 aliphatic rings. The number of hydrogen-bond acceptors (Lipinski definition) is 2. The third-order valence-electron chi connectivity index (χ3n) is 3.88. The Hall–Kier alpha value is -1.84. The van der Waals surface area contributed by atoms with Crippen LogP contribution in [0.3, 0.4) is 0 Å². The van der Waals surface area contributed by atoms with Crippen molar-refractivity contribution in [2.75, 3.05) is 0 Å². The van der Waals surface area contributed by atoms with Gasteiger partial charge in [0, 0.05) is 6.42 Å². The molecule has 2 rings (SSSR count). The van der Waals surface area contributed by atoms with E-state index in [2.05, 4.69) is 18.8 Å². The molecule has 1 atom stereocenters. The fourth-order valence-electron chi connectivity index (χ4n) is 2.45. The molecule has 1 N–H and O–H groups in total. The fraction of sp³-hybridized carbons (Fsp3) is 0.500. The lowest BCUT2D eigenvalue weighted by Gasteiger charge is -2.14. The van der Waals surface area contributed by atoms with E-state index >= 15 is 0 Å². The summed E-state index contributed by atoms with van der Waals surface area (Å²) >= 11 is 0. The van der Waals surface area contributed by atoms with Gasteiger partial charge >= 0.3 is 5.97 Å². The molecule has 0 spiro atoms. The molecule has 0 aliphatic carbocycles. The van der Waals surface area contributed by atoms with Gasteiger partial charge in [-0.3, -0.25) is 0 Å². The number of fused-ring (bicyclic) bond motifs is 1. The van der Waals surface area contributed by atoms with Crippen LogP contribution in [0.2, 0.25) is 0 Å². The Morgan fingerprint density at radius 3 is 2.60 bits per heavy atom. The summed E-state index contributed by atoms with van der Waals surface area (Å²) in [6.45, 7) is 7.94. The Morgan fingerprint density at radius 1 is 1.35 bits per heavy atom. The predicted octanol–water partition coefficient (Wildman–Crippen LogP) is 3.64. The van der Waals surface area contributed by atoms with Gasteiger partial charge in [-0.2, -0.15) is 0 Å². The van der Waals surface area contributed by atoms with E-state index in [1.54, 1.807) is 6.92 Å². The summed E-state index contributed by atoms with van der Waals surface area (Å²) in [5.41, 5.74) is 4.17. The van der Waals surface area contributed by atoms with Crippen LogP contribution < -0.4 is 0 Å². The molecule has 1 aromatic heterocycles. The zero-order valence-corrected chi connectivity index (χ0v) is 12.6. The molecular weight excluding hydrogens is 252 g/mol. The monoisotopic (exact) mass is 274 g/mol. The first-order valence-electron chi connectivity index (χ1n) is 7.16. The molecule has 0 saturated heterocycles. The van der Waals surface area contributed by atoms with Gasteiger partial charge in [-0.25, -0.2) is 9.78 Å². The quantitative estimate of drug-likeness (QED) is 0.905. The molecule has 0 saturated carbocycles. The SMILES string of the molecule is CCCCc1nc2cc(C)c(C)cc2n1C(C)C(=O)O. The Bertz CT molecular complexity index is 643. The van der Waals surface area contributed by atoms with Gasteiger partial charge in [0.05, 0.1) is 11.0 Å². The van der Waals surface area contributed by atoms with Crippen LogP contribution in [0.4, 0.5) is 0 Å². The molecule has 0 fully saturated rings. The maximum atomic E-state index is 11.4. The molecule has 0 bridgehead atoms. The Morgan fingerprint density at radius 2 is 2.00 bits per heavy atom. The van der Waals surface area contributed by atoms with Crippen LogP contribution in [0.5, 0.6) is 0 Å². The van der Waals surface area contributed by atoms with Crippen molar-refractivity contribution in [3.63, 3.8) is 0 Å². The van der Waals surface area contributed by atoms with Gasteiger partial charge in [-0.05, 0) is 50.5 Å². The number of rotatable bonds is 5. The summed E-state index contributed by atoms with van der Waals surface area (Å²) in [5.74, 6) is 0.0574. The highest BCUT2D eigenvalue weighted by Gasteiger charge is 2.21. The Balaban J connectivity index is 2.64. The Kier molecular flexibility index (Phi) is 4.12. The lowest BCUT2D eigenvalue weighted by molar-refractivity contribution is -0.140. The first-order chi connectivity index (χ1) is 9.45. The minimum absolute atomic E-state index is 0.589. The fourth-order valence-corrected chi connectivity index (χ4v) is 2.45. The minimum atomic E-state index is -0.819. The average molecular weight is 274 g/mol. The maximum absolute atomic E-state index is 11.4. The third-order valence-corrected chi connectivity index (χ3v) is 3.88. The van der Waals surface area contributed by atoms with E-state index in [9.17, 15) is 9.90 Å². The first-order valence-corrected chi connectivity index (χ1v) is 7.16. The summed E-state index contributed by atoms with van der Waals surface area (Å²) in [5, 5.41) is 9.34. The Labute approximate surface area is 119 Å². The van der Waals surface area contributed by atoms with E-state index in [0.717, 1.165) is 36.1 Å². The molecule has 108 valence electrons. The van der Waals surface area contributed by atoms with Gasteiger partial charge in [0.25, 0.3) is 0 Å². The average Bonchev–Trinajstić information content (AvgIpc) is 2.73. The van der Waals surface area contributed by atoms with Crippen LogP contribution >= 0.6 is 0 Å². The number of carbonyl (C=O) groups is 1. The first kappa shape index (κ1) is 14.6. The number of aliphatic carboxylic acids is 1. The topological polar surface area (TPSA) is 55.1 Å². The molecule has 0 aliphatic heterocycles. The van der Waals surface area contributed by atoms with Crippen LogP contribution in [0, 0.1) is 13.8 Å². The van der Waals surface area contributed by atoms with Gasteiger partial charge in [0.2, 0.25) is 0 Å². The van der Waals surface area contributed by atoms with Crippen molar-refractivity contribution >= 4 is 17.0 Å². The zero-order chi connectivity index (χ0) is 14.9. The summed E-state index contributed by atoms with van der Waals surface area (Å²) in [6.07, 6.45) is 2.91. The summed E-state index contributed by atoms with van der Waals surface area (Å²) in [7, 11) is 0. The molecule has 1 unspecified atom stereocenters. The third kappa shape index (κ3) is 2.55. The molecule has 1 aromatic carbocycles. The smallest absolute Gasteiger partial charge is 0.326 e. The van der Waals surface area contributed by atoms with Crippen molar-refractivity contribution in [3.05, 3.63) is 29.1 Å². The van der Waals surface area contributed by atoms with Crippen molar-refractivity contribution in [1.29, 1.82) is 0 Å². The molecule has 1 heterocycles. The van der Waals surface area contributed by atoms with Crippen molar-refractivity contribution in [1.82, 2.24) is 9.55 Å². The number of benzene rings is 1. The van der Waals surface area contributed by atoms with Crippen LogP contribution in [0.15, 0.2) is 12.1 Å². The molecule has 4 heteroatoms. The van der Waals surface area contributed by atoms with Gasteiger partial charge in [-0.1, -0.05) is 13.3 Å². The number of carboxylic acid groups (broad SMARTS) is 1. The normalized spacial score (nSPS) is 12.8. The summed E-state index contributed by atoms with van der Waals surface area (Å²) in [6, 6.07) is 3.51. The van der Waals surface area contributed by atoms with Crippen LogP contribution in [-0.2, 0) is 11.2 Å². The van der Waals surface area contributed by atoms with Crippen LogP contribution in [0.25, 0.3) is 11.0 Å². The van der Waals surface area contributed by atoms with Gasteiger partial charge < -0.3 is 9.67 Å². The number of nitrogens with zero attached hydrogens (tertiary/aromatic N) is 2. The molecule has 2 aromatic rings. The number of hydrogen-bond donors (Lipinski definition) is 1. The van der Waals surface area contributed by atoms with E-state index in [0.29, 0.717) is 0 Å². The van der Waals surface area contributed by atoms with Crippen molar-refractivity contribution < 1.29 is 9.90 Å². The molecule has 20 heavy (non-hydrogen) atoms. The highest BCUT2D eigenvalue weighted by atomic mass is 16.4. The van der Waals surface area contributed by atoms with E-state index < -0.39 is 12.0 Å². The highest BCUT2D eigenvalue weighted by molar-refractivity contribution is 5.81. The summed E-state index contributed by atoms with van der Waals surface area (Å²) < 4.78 is 1.87. The van der Waals surface area contributed by atoms with Crippen LogP contribution in [-0.4, -0.2) is 20.6 Å². The number of aryl methyl sites for hydroxylation is 3. The number of unbranched alkanes of at least 4 members (excludes halogenated alkanes) is 1. The van der Waals surface area contributed by atoms with Crippen molar-refractivity contribution in [2.24, 2.45) is 0 Å². The second kappa shape index (κ2) is 5.65. The van der Waals surface area contributed by atoms with Crippen LogP contribution in [0.1, 0.15) is 49.7 Å². The van der Waals surface area contributed by atoms with E-state index in [1.807, 2.05) is 23.6 Å². The lowest BCUT2D eigenvalue weighted by Crippen LogP contribution is -2.18. The number of carboxylic acids is 1. The van der Waals surface area contributed by atoms with Gasteiger partial charge in [0.1, 0.15) is 11.9 Å². The molecular formula is C16H22N2O2. The predicted molar refractivity (Wildman–Crippen MR) is 80.2 cm³/mol. The van der Waals surface area contributed by atoms with Crippen molar-refractivity contribution in [3.8, 4) is 0 Å². The molecule has 4 nitrogen and oxygen atoms in total. The number of imidazole rings is 1. The standard InChI is InChI=1S/C16H22N2O2/c1-5-6-7-15-17-13-8-10(2)11(3)9-14(13)18(15)12(4)16(19)20/h8-9,12H,5-7H2,1-4H3,(H,19,20). The molecule has 0 radical (unpaired) electrons. The van der Waals surface area contributed by atoms with E-state index in [1.165, 1.54) is 11.1 Å². The second-order valence-electron chi connectivity index (χ2n) is 5.44. The molecule has 0 amide bonds. The van der Waals surface area contributed by atoms with Gasteiger partial charge in [-0.15, -0.1) is 0 Å². The lowest BCUT2D eigenvalue weighted by atomic mass is 10.1.